The number of fused-ring (bicyclic) bond motifs is 1. The molecule has 1 aliphatic heterocycles. The third-order valence-electron chi connectivity index (χ3n) is 3.44. The SMILES string of the molecule is Cc1c(C(=O)NCc2ccsc2C(=O)O)ccc2c1OC(F)(F)O2. The van der Waals surface area contributed by atoms with Crippen molar-refractivity contribution in [1.82, 2.24) is 5.32 Å². The van der Waals surface area contributed by atoms with Gasteiger partial charge in [0, 0.05) is 17.7 Å². The van der Waals surface area contributed by atoms with Crippen molar-refractivity contribution in [2.75, 3.05) is 0 Å². The number of carboxylic acid groups (broad SMARTS) is 1. The van der Waals surface area contributed by atoms with Crippen LogP contribution in [0.3, 0.4) is 0 Å². The minimum absolute atomic E-state index is 0.00794. The second kappa shape index (κ2) is 5.75. The second-order valence-electron chi connectivity index (χ2n) is 5.00. The Morgan fingerprint density at radius 1 is 1.29 bits per heavy atom. The van der Waals surface area contributed by atoms with Crippen molar-refractivity contribution in [2.24, 2.45) is 0 Å². The van der Waals surface area contributed by atoms with Gasteiger partial charge in [-0.2, -0.15) is 0 Å². The van der Waals surface area contributed by atoms with Crippen molar-refractivity contribution in [1.29, 1.82) is 0 Å². The number of carboxylic acids is 1. The van der Waals surface area contributed by atoms with Gasteiger partial charge in [-0.25, -0.2) is 4.79 Å². The molecule has 0 saturated heterocycles. The number of benzene rings is 1. The van der Waals surface area contributed by atoms with Gasteiger partial charge in [-0.1, -0.05) is 0 Å². The highest BCUT2D eigenvalue weighted by atomic mass is 32.1. The standard InChI is InChI=1S/C15H11F2NO5S/c1-7-9(2-3-10-11(7)23-15(16,17)22-10)13(19)18-6-8-4-5-24-12(8)14(20)21/h2-5H,6H2,1H3,(H,18,19)(H,20,21). The molecule has 1 aromatic carbocycles. The van der Waals surface area contributed by atoms with Gasteiger partial charge in [0.15, 0.2) is 11.5 Å². The number of hydrogen-bond acceptors (Lipinski definition) is 5. The van der Waals surface area contributed by atoms with Crippen LogP contribution in [-0.4, -0.2) is 23.3 Å². The van der Waals surface area contributed by atoms with E-state index in [0.29, 0.717) is 5.56 Å². The van der Waals surface area contributed by atoms with Crippen LogP contribution in [0.5, 0.6) is 11.5 Å². The Labute approximate surface area is 138 Å². The Hall–Kier alpha value is -2.68. The minimum atomic E-state index is -3.75. The molecule has 0 radical (unpaired) electrons. The fourth-order valence-corrected chi connectivity index (χ4v) is 3.08. The Morgan fingerprint density at radius 2 is 2.04 bits per heavy atom. The lowest BCUT2D eigenvalue weighted by Crippen LogP contribution is -2.26. The second-order valence-corrected chi connectivity index (χ2v) is 5.91. The predicted molar refractivity (Wildman–Crippen MR) is 79.8 cm³/mol. The van der Waals surface area contributed by atoms with E-state index in [0.717, 1.165) is 11.3 Å². The van der Waals surface area contributed by atoms with E-state index in [1.807, 2.05) is 0 Å². The first-order chi connectivity index (χ1) is 11.3. The quantitative estimate of drug-likeness (QED) is 0.881. The third-order valence-corrected chi connectivity index (χ3v) is 4.39. The number of carbonyl (C=O) groups is 2. The van der Waals surface area contributed by atoms with Gasteiger partial charge in [0.25, 0.3) is 5.91 Å². The normalized spacial score (nSPS) is 14.5. The maximum absolute atomic E-state index is 13.1. The van der Waals surface area contributed by atoms with Crippen LogP contribution in [0.25, 0.3) is 0 Å². The molecule has 0 bridgehead atoms. The topological polar surface area (TPSA) is 84.9 Å². The van der Waals surface area contributed by atoms with Gasteiger partial charge in [0.2, 0.25) is 0 Å². The zero-order valence-corrected chi connectivity index (χ0v) is 13.1. The van der Waals surface area contributed by atoms with Crippen molar-refractivity contribution < 1.29 is 33.0 Å². The lowest BCUT2D eigenvalue weighted by Gasteiger charge is -2.09. The number of thiophene rings is 1. The molecule has 0 saturated carbocycles. The molecule has 0 unspecified atom stereocenters. The summed E-state index contributed by atoms with van der Waals surface area (Å²) in [6.45, 7) is 1.47. The van der Waals surface area contributed by atoms with Crippen LogP contribution in [0.15, 0.2) is 23.6 Å². The van der Waals surface area contributed by atoms with Crippen LogP contribution in [0.4, 0.5) is 8.78 Å². The number of rotatable bonds is 4. The number of halogens is 2. The molecule has 3 rings (SSSR count). The Kier molecular flexibility index (Phi) is 3.88. The van der Waals surface area contributed by atoms with Crippen LogP contribution >= 0.6 is 11.3 Å². The zero-order valence-electron chi connectivity index (χ0n) is 12.3. The van der Waals surface area contributed by atoms with Gasteiger partial charge < -0.3 is 19.9 Å². The summed E-state index contributed by atoms with van der Waals surface area (Å²) in [7, 11) is 0. The average molecular weight is 355 g/mol. The number of alkyl halides is 2. The van der Waals surface area contributed by atoms with Crippen molar-refractivity contribution >= 4 is 23.2 Å². The van der Waals surface area contributed by atoms with Crippen LogP contribution in [0.1, 0.15) is 31.2 Å². The van der Waals surface area contributed by atoms with E-state index in [1.54, 1.807) is 11.4 Å². The fraction of sp³-hybridized carbons (Fsp3) is 0.200. The molecule has 0 aliphatic carbocycles. The van der Waals surface area contributed by atoms with Gasteiger partial charge in [-0.3, -0.25) is 4.79 Å². The first-order valence-electron chi connectivity index (χ1n) is 6.76. The molecule has 24 heavy (non-hydrogen) atoms. The van der Waals surface area contributed by atoms with Crippen LogP contribution < -0.4 is 14.8 Å². The summed E-state index contributed by atoms with van der Waals surface area (Å²) in [5.41, 5.74) is 0.818. The predicted octanol–water partition coefficient (Wildman–Crippen LogP) is 3.01. The van der Waals surface area contributed by atoms with Gasteiger partial charge in [-0.05, 0) is 36.1 Å². The summed E-state index contributed by atoms with van der Waals surface area (Å²) < 4.78 is 34.9. The number of amides is 1. The van der Waals surface area contributed by atoms with Gasteiger partial charge in [0.05, 0.1) is 0 Å². The summed E-state index contributed by atoms with van der Waals surface area (Å²) in [5, 5.41) is 13.2. The first-order valence-corrected chi connectivity index (χ1v) is 7.64. The summed E-state index contributed by atoms with van der Waals surface area (Å²) in [5.74, 6) is -1.93. The maximum Gasteiger partial charge on any atom is 0.586 e. The van der Waals surface area contributed by atoms with Crippen LogP contribution in [0.2, 0.25) is 0 Å². The van der Waals surface area contributed by atoms with E-state index in [1.165, 1.54) is 19.1 Å². The number of hydrogen-bond donors (Lipinski definition) is 2. The van der Waals surface area contributed by atoms with E-state index in [9.17, 15) is 18.4 Å². The summed E-state index contributed by atoms with van der Waals surface area (Å²) >= 11 is 1.05. The Balaban J connectivity index is 1.77. The molecule has 0 atom stereocenters. The molecule has 126 valence electrons. The molecule has 1 aliphatic rings. The number of ether oxygens (including phenoxy) is 2. The number of aromatic carboxylic acids is 1. The molecule has 1 amide bonds. The van der Waals surface area contributed by atoms with E-state index < -0.39 is 18.2 Å². The molecule has 2 aromatic rings. The van der Waals surface area contributed by atoms with Crippen LogP contribution in [0, 0.1) is 6.92 Å². The van der Waals surface area contributed by atoms with Gasteiger partial charge in [0.1, 0.15) is 4.88 Å². The van der Waals surface area contributed by atoms with Crippen molar-refractivity contribution in [2.45, 2.75) is 19.8 Å². The first kappa shape index (κ1) is 16.2. The summed E-state index contributed by atoms with van der Waals surface area (Å²) in [6.07, 6.45) is -3.75. The summed E-state index contributed by atoms with van der Waals surface area (Å²) in [4.78, 5) is 23.4. The third kappa shape index (κ3) is 2.90. The minimum Gasteiger partial charge on any atom is -0.477 e. The highest BCUT2D eigenvalue weighted by Crippen LogP contribution is 2.44. The van der Waals surface area contributed by atoms with E-state index in [-0.39, 0.29) is 34.0 Å². The average Bonchev–Trinajstić information content (AvgIpc) is 3.08. The number of nitrogens with one attached hydrogen (secondary N) is 1. The van der Waals surface area contributed by atoms with Crippen molar-refractivity contribution in [3.63, 3.8) is 0 Å². The Morgan fingerprint density at radius 3 is 2.75 bits per heavy atom. The molecule has 2 heterocycles. The fourth-order valence-electron chi connectivity index (χ4n) is 2.32. The molecule has 6 nitrogen and oxygen atoms in total. The van der Waals surface area contributed by atoms with E-state index in [2.05, 4.69) is 14.8 Å². The molecule has 2 N–H and O–H groups in total. The van der Waals surface area contributed by atoms with Crippen LogP contribution in [-0.2, 0) is 6.54 Å². The van der Waals surface area contributed by atoms with E-state index >= 15 is 0 Å². The monoisotopic (exact) mass is 355 g/mol. The van der Waals surface area contributed by atoms with Crippen molar-refractivity contribution in [3.8, 4) is 11.5 Å². The zero-order chi connectivity index (χ0) is 17.5. The molecule has 1 aromatic heterocycles. The highest BCUT2D eigenvalue weighted by Gasteiger charge is 2.44. The summed E-state index contributed by atoms with van der Waals surface area (Å²) in [6, 6.07) is 4.17. The molecular formula is C15H11F2NO5S. The van der Waals surface area contributed by atoms with Crippen molar-refractivity contribution in [3.05, 3.63) is 45.1 Å². The largest absolute Gasteiger partial charge is 0.586 e. The molecule has 9 heteroatoms. The van der Waals surface area contributed by atoms with E-state index in [4.69, 9.17) is 5.11 Å². The lowest BCUT2D eigenvalue weighted by atomic mass is 10.1. The molecule has 0 fully saturated rings. The van der Waals surface area contributed by atoms with Gasteiger partial charge >= 0.3 is 12.3 Å². The molecule has 0 spiro atoms. The highest BCUT2D eigenvalue weighted by molar-refractivity contribution is 7.12. The smallest absolute Gasteiger partial charge is 0.477 e. The molecular weight excluding hydrogens is 344 g/mol. The number of carbonyl (C=O) groups excluding carboxylic acids is 1. The Bertz CT molecular complexity index is 833. The maximum atomic E-state index is 13.1. The lowest BCUT2D eigenvalue weighted by molar-refractivity contribution is -0.286. The van der Waals surface area contributed by atoms with Gasteiger partial charge in [-0.15, -0.1) is 20.1 Å².